The first-order chi connectivity index (χ1) is 12.3. The Hall–Kier alpha value is -2.50. The summed E-state index contributed by atoms with van der Waals surface area (Å²) in [7, 11) is 0. The lowest BCUT2D eigenvalue weighted by molar-refractivity contribution is 0.112. The summed E-state index contributed by atoms with van der Waals surface area (Å²) >= 11 is 1.72. The number of aldehydes is 1. The van der Waals surface area contributed by atoms with Crippen LogP contribution in [0.5, 0.6) is 0 Å². The Balaban J connectivity index is 1.54. The molecular weight excluding hydrogens is 330 g/mol. The number of fused-ring (bicyclic) bond motifs is 1. The van der Waals surface area contributed by atoms with Crippen LogP contribution in [-0.2, 0) is 6.42 Å². The summed E-state index contributed by atoms with van der Waals surface area (Å²) < 4.78 is 0. The lowest BCUT2D eigenvalue weighted by Crippen LogP contribution is -2.34. The van der Waals surface area contributed by atoms with Crippen molar-refractivity contribution < 1.29 is 4.79 Å². The average Bonchev–Trinajstić information content (AvgIpc) is 3.21. The topological polar surface area (TPSA) is 54.0 Å². The van der Waals surface area contributed by atoms with Crippen LogP contribution in [0.4, 0.5) is 5.69 Å². The molecule has 1 atom stereocenters. The van der Waals surface area contributed by atoms with Crippen LogP contribution in [0.15, 0.2) is 53.5 Å². The van der Waals surface area contributed by atoms with E-state index in [9.17, 15) is 4.79 Å². The van der Waals surface area contributed by atoms with Gasteiger partial charge in [-0.05, 0) is 58.1 Å². The van der Waals surface area contributed by atoms with Crippen molar-refractivity contribution in [1.29, 1.82) is 0 Å². The second kappa shape index (κ2) is 7.17. The summed E-state index contributed by atoms with van der Waals surface area (Å²) in [5.41, 5.74) is 6.71. The number of carbonyl (C=O) groups is 1. The molecule has 3 heterocycles. The predicted octanol–water partition coefficient (Wildman–Crippen LogP) is 3.92. The minimum atomic E-state index is 0.222. The van der Waals surface area contributed by atoms with Crippen molar-refractivity contribution in [2.75, 3.05) is 18.4 Å². The summed E-state index contributed by atoms with van der Waals surface area (Å²) in [4.78, 5) is 15.2. The van der Waals surface area contributed by atoms with Crippen molar-refractivity contribution in [2.45, 2.75) is 12.5 Å². The van der Waals surface area contributed by atoms with Gasteiger partial charge in [0.05, 0.1) is 11.9 Å². The maximum Gasteiger partial charge on any atom is 0.152 e. The van der Waals surface area contributed by atoms with E-state index >= 15 is 0 Å². The smallest absolute Gasteiger partial charge is 0.152 e. The third-order valence-corrected chi connectivity index (χ3v) is 5.32. The first-order valence-electron chi connectivity index (χ1n) is 8.37. The highest BCUT2D eigenvalue weighted by Crippen LogP contribution is 2.30. The first kappa shape index (κ1) is 16.0. The molecule has 1 aromatic carbocycles. The fourth-order valence-electron chi connectivity index (χ4n) is 3.31. The summed E-state index contributed by atoms with van der Waals surface area (Å²) in [6.45, 7) is 1.68. The van der Waals surface area contributed by atoms with E-state index in [1.807, 2.05) is 0 Å². The number of nitrogens with zero attached hydrogens (tertiary/aromatic N) is 1. The van der Waals surface area contributed by atoms with Crippen LogP contribution >= 0.6 is 11.3 Å². The van der Waals surface area contributed by atoms with Gasteiger partial charge in [-0.2, -0.15) is 11.3 Å². The van der Waals surface area contributed by atoms with Crippen LogP contribution in [0.1, 0.15) is 27.5 Å². The molecule has 25 heavy (non-hydrogen) atoms. The molecule has 5 heteroatoms. The number of pyridine rings is 1. The molecule has 1 aliphatic rings. The molecule has 0 spiro atoms. The molecule has 0 aliphatic carbocycles. The Bertz CT molecular complexity index is 876. The molecular formula is C20H19N3OS. The van der Waals surface area contributed by atoms with Crippen molar-refractivity contribution in [2.24, 2.45) is 0 Å². The SMILES string of the molecule is O=Cc1ccncc1NC[C@@H]1NCCc2cc(-c3ccsc3)ccc21. The van der Waals surface area contributed by atoms with Crippen LogP contribution in [0.3, 0.4) is 0 Å². The Labute approximate surface area is 150 Å². The van der Waals surface area contributed by atoms with Crippen molar-refractivity contribution in [3.05, 3.63) is 70.2 Å². The van der Waals surface area contributed by atoms with E-state index in [4.69, 9.17) is 0 Å². The molecule has 0 amide bonds. The second-order valence-corrected chi connectivity index (χ2v) is 6.92. The van der Waals surface area contributed by atoms with Gasteiger partial charge in [0, 0.05) is 24.3 Å². The van der Waals surface area contributed by atoms with Gasteiger partial charge in [0.2, 0.25) is 0 Å². The number of carbonyl (C=O) groups excluding carboxylic acids is 1. The molecule has 2 N–H and O–H groups in total. The minimum Gasteiger partial charge on any atom is -0.381 e. The highest BCUT2D eigenvalue weighted by Gasteiger charge is 2.20. The molecule has 3 aromatic rings. The number of hydrogen-bond acceptors (Lipinski definition) is 5. The summed E-state index contributed by atoms with van der Waals surface area (Å²) in [5, 5.41) is 11.2. The maximum absolute atomic E-state index is 11.1. The zero-order valence-corrected chi connectivity index (χ0v) is 14.6. The normalized spacial score (nSPS) is 16.2. The molecule has 4 nitrogen and oxygen atoms in total. The van der Waals surface area contributed by atoms with Crippen LogP contribution < -0.4 is 10.6 Å². The Kier molecular flexibility index (Phi) is 4.59. The zero-order chi connectivity index (χ0) is 17.1. The van der Waals surface area contributed by atoms with Gasteiger partial charge >= 0.3 is 0 Å². The molecule has 126 valence electrons. The lowest BCUT2D eigenvalue weighted by Gasteiger charge is -2.28. The largest absolute Gasteiger partial charge is 0.381 e. The summed E-state index contributed by atoms with van der Waals surface area (Å²) in [6, 6.07) is 10.8. The number of benzene rings is 1. The second-order valence-electron chi connectivity index (χ2n) is 6.14. The minimum absolute atomic E-state index is 0.222. The maximum atomic E-state index is 11.1. The monoisotopic (exact) mass is 349 g/mol. The molecule has 0 unspecified atom stereocenters. The van der Waals surface area contributed by atoms with E-state index in [-0.39, 0.29) is 6.04 Å². The van der Waals surface area contributed by atoms with Crippen LogP contribution in [-0.4, -0.2) is 24.4 Å². The molecule has 4 rings (SSSR count). The third-order valence-electron chi connectivity index (χ3n) is 4.64. The molecule has 0 bridgehead atoms. The van der Waals surface area contributed by atoms with Crippen LogP contribution in [0, 0.1) is 0 Å². The predicted molar refractivity (Wildman–Crippen MR) is 102 cm³/mol. The Morgan fingerprint density at radius 2 is 2.24 bits per heavy atom. The van der Waals surface area contributed by atoms with Gasteiger partial charge in [0.15, 0.2) is 6.29 Å². The summed E-state index contributed by atoms with van der Waals surface area (Å²) in [6.07, 6.45) is 5.23. The van der Waals surface area contributed by atoms with E-state index in [0.29, 0.717) is 5.56 Å². The number of rotatable bonds is 5. The van der Waals surface area contributed by atoms with E-state index < -0.39 is 0 Å². The van der Waals surface area contributed by atoms with Gasteiger partial charge in [0.1, 0.15) is 0 Å². The van der Waals surface area contributed by atoms with Gasteiger partial charge in [-0.3, -0.25) is 9.78 Å². The summed E-state index contributed by atoms with van der Waals surface area (Å²) in [5.74, 6) is 0. The van der Waals surface area contributed by atoms with E-state index in [0.717, 1.165) is 31.5 Å². The van der Waals surface area contributed by atoms with E-state index in [1.54, 1.807) is 29.8 Å². The Morgan fingerprint density at radius 1 is 1.28 bits per heavy atom. The fraction of sp³-hybridized carbons (Fsp3) is 0.200. The number of nitrogens with one attached hydrogen (secondary N) is 2. The van der Waals surface area contributed by atoms with Crippen molar-refractivity contribution in [3.63, 3.8) is 0 Å². The molecule has 0 fully saturated rings. The quantitative estimate of drug-likeness (QED) is 0.686. The van der Waals surface area contributed by atoms with Crippen molar-refractivity contribution in [3.8, 4) is 11.1 Å². The number of hydrogen-bond donors (Lipinski definition) is 2. The molecule has 0 saturated heterocycles. The van der Waals surface area contributed by atoms with Crippen molar-refractivity contribution >= 4 is 23.3 Å². The van der Waals surface area contributed by atoms with Crippen LogP contribution in [0.2, 0.25) is 0 Å². The average molecular weight is 349 g/mol. The molecule has 0 radical (unpaired) electrons. The zero-order valence-electron chi connectivity index (χ0n) is 13.7. The number of aromatic nitrogens is 1. The van der Waals surface area contributed by atoms with Crippen LogP contribution in [0.25, 0.3) is 11.1 Å². The van der Waals surface area contributed by atoms with Gasteiger partial charge in [-0.15, -0.1) is 0 Å². The Morgan fingerprint density at radius 3 is 3.08 bits per heavy atom. The number of anilines is 1. The van der Waals surface area contributed by atoms with E-state index in [1.165, 1.54) is 22.3 Å². The highest BCUT2D eigenvalue weighted by molar-refractivity contribution is 7.08. The van der Waals surface area contributed by atoms with Gasteiger partial charge in [0.25, 0.3) is 0 Å². The molecule has 1 aliphatic heterocycles. The van der Waals surface area contributed by atoms with Gasteiger partial charge < -0.3 is 10.6 Å². The standard InChI is InChI=1S/C20H19N3OS/c24-12-16-3-6-21-10-19(16)23-11-20-18-2-1-14(17-5-8-25-13-17)9-15(18)4-7-22-20/h1-3,5-6,8-10,12-13,20,22-23H,4,7,11H2/t20-/m0/s1. The highest BCUT2D eigenvalue weighted by atomic mass is 32.1. The fourth-order valence-corrected chi connectivity index (χ4v) is 3.98. The lowest BCUT2D eigenvalue weighted by atomic mass is 9.91. The number of thiophene rings is 1. The van der Waals surface area contributed by atoms with Crippen molar-refractivity contribution in [1.82, 2.24) is 10.3 Å². The molecule has 2 aromatic heterocycles. The van der Waals surface area contributed by atoms with Gasteiger partial charge in [-0.1, -0.05) is 18.2 Å². The van der Waals surface area contributed by atoms with Gasteiger partial charge in [-0.25, -0.2) is 0 Å². The third kappa shape index (κ3) is 3.34. The van der Waals surface area contributed by atoms with E-state index in [2.05, 4.69) is 50.6 Å². The molecule has 0 saturated carbocycles. The first-order valence-corrected chi connectivity index (χ1v) is 9.31.